The van der Waals surface area contributed by atoms with Crippen molar-refractivity contribution in [2.45, 2.75) is 109 Å². The van der Waals surface area contributed by atoms with E-state index in [-0.39, 0.29) is 32.4 Å². The second-order valence-electron chi connectivity index (χ2n) is 7.87. The van der Waals surface area contributed by atoms with Gasteiger partial charge in [0.15, 0.2) is 0 Å². The molecule has 0 rings (SSSR count). The first-order chi connectivity index (χ1) is 15.0. The fraction of sp³-hybridized carbons (Fsp3) is 0.875. The number of carbonyl (C=O) groups excluding carboxylic acids is 1. The summed E-state index contributed by atoms with van der Waals surface area (Å²) in [7, 11) is 0. The Balaban J connectivity index is 0. The Hall–Kier alpha value is -0.990. The van der Waals surface area contributed by atoms with Gasteiger partial charge in [-0.3, -0.25) is 4.79 Å². The van der Waals surface area contributed by atoms with Gasteiger partial charge in [0.05, 0.1) is 19.8 Å². The van der Waals surface area contributed by atoms with E-state index in [1.807, 2.05) is 0 Å². The summed E-state index contributed by atoms with van der Waals surface area (Å²) in [4.78, 5) is 11.4. The van der Waals surface area contributed by atoms with Crippen molar-refractivity contribution in [3.05, 3.63) is 12.2 Å². The van der Waals surface area contributed by atoms with Gasteiger partial charge in [-0.05, 0) is 32.1 Å². The summed E-state index contributed by atoms with van der Waals surface area (Å²) >= 11 is 0. The van der Waals surface area contributed by atoms with Crippen LogP contribution < -0.4 is 0 Å². The summed E-state index contributed by atoms with van der Waals surface area (Å²) in [6, 6.07) is 0. The predicted octanol–water partition coefficient (Wildman–Crippen LogP) is 3.25. The van der Waals surface area contributed by atoms with E-state index in [4.69, 9.17) is 30.3 Å². The van der Waals surface area contributed by atoms with Gasteiger partial charge in [0.2, 0.25) is 0 Å². The number of ether oxygens (including phenoxy) is 1. The van der Waals surface area contributed by atoms with Crippen molar-refractivity contribution in [3.8, 4) is 0 Å². The van der Waals surface area contributed by atoms with Crippen LogP contribution in [0.2, 0.25) is 0 Å². The Labute approximate surface area is 189 Å². The molecule has 0 aliphatic heterocycles. The molecule has 1 unspecified atom stereocenters. The zero-order valence-corrected chi connectivity index (χ0v) is 19.6. The van der Waals surface area contributed by atoms with Gasteiger partial charge in [-0.2, -0.15) is 0 Å². The molecule has 0 bridgehead atoms. The van der Waals surface area contributed by atoms with E-state index < -0.39 is 12.2 Å². The lowest BCUT2D eigenvalue weighted by atomic mass is 10.1. The van der Waals surface area contributed by atoms with Crippen molar-refractivity contribution in [3.63, 3.8) is 0 Å². The first kappa shape index (κ1) is 32.2. The van der Waals surface area contributed by atoms with Crippen LogP contribution in [0.15, 0.2) is 12.2 Å². The Bertz CT molecular complexity index is 384. The van der Waals surface area contributed by atoms with Crippen LogP contribution in [0, 0.1) is 0 Å². The minimum absolute atomic E-state index is 0.111. The molecule has 0 aromatic heterocycles. The summed E-state index contributed by atoms with van der Waals surface area (Å²) < 4.78 is 4.86. The molecule has 5 N–H and O–H groups in total. The van der Waals surface area contributed by atoms with Crippen LogP contribution in [0.3, 0.4) is 0 Å². The van der Waals surface area contributed by atoms with E-state index in [2.05, 4.69) is 19.1 Å². The number of aliphatic hydroxyl groups excluding tert-OH is 5. The molecule has 0 spiro atoms. The molecular formula is C24H48O7. The fourth-order valence-corrected chi connectivity index (χ4v) is 2.71. The van der Waals surface area contributed by atoms with E-state index in [0.29, 0.717) is 6.42 Å². The van der Waals surface area contributed by atoms with Gasteiger partial charge in [-0.15, -0.1) is 0 Å². The van der Waals surface area contributed by atoms with Gasteiger partial charge in [0.25, 0.3) is 0 Å². The molecular weight excluding hydrogens is 400 g/mol. The zero-order chi connectivity index (χ0) is 23.6. The molecule has 31 heavy (non-hydrogen) atoms. The lowest BCUT2D eigenvalue weighted by molar-refractivity contribution is -0.147. The predicted molar refractivity (Wildman–Crippen MR) is 124 cm³/mol. The van der Waals surface area contributed by atoms with E-state index >= 15 is 0 Å². The molecule has 1 atom stereocenters. The molecule has 0 radical (unpaired) electrons. The lowest BCUT2D eigenvalue weighted by Crippen LogP contribution is -2.21. The third-order valence-corrected chi connectivity index (χ3v) is 4.71. The van der Waals surface area contributed by atoms with Crippen molar-refractivity contribution in [2.24, 2.45) is 0 Å². The van der Waals surface area contributed by atoms with E-state index in [9.17, 15) is 4.79 Å². The topological polar surface area (TPSA) is 127 Å². The number of hydrogen-bond acceptors (Lipinski definition) is 7. The Kier molecular flexibility index (Phi) is 28.1. The van der Waals surface area contributed by atoms with Crippen LogP contribution in [0.1, 0.15) is 96.8 Å². The largest absolute Gasteiger partial charge is 0.463 e. The summed E-state index contributed by atoms with van der Waals surface area (Å²) in [6.07, 6.45) is 19.1. The van der Waals surface area contributed by atoms with Gasteiger partial charge in [0, 0.05) is 6.42 Å². The number of aliphatic hydroxyl groups is 5. The highest BCUT2D eigenvalue weighted by atomic mass is 16.5. The number of unbranched alkanes of at least 4 members (excludes halogenated alkanes) is 11. The molecule has 7 heteroatoms. The standard InChI is InChI=1S/C21H40O4.C3H8O3/c1-2-3-4-5-6-7-8-9-10-11-12-13-14-15-16-17-21(24)25-19-20(23)18-22;4-1-3(6)2-5/h9-10,20,22-23H,2-8,11-19H2,1H3;3-6H,1-2H2. The highest BCUT2D eigenvalue weighted by Crippen LogP contribution is 2.10. The van der Waals surface area contributed by atoms with Crippen LogP contribution in [-0.2, 0) is 9.53 Å². The molecule has 0 saturated carbocycles. The van der Waals surface area contributed by atoms with Gasteiger partial charge < -0.3 is 30.3 Å². The second-order valence-corrected chi connectivity index (χ2v) is 7.87. The molecule has 0 aromatic carbocycles. The lowest BCUT2D eigenvalue weighted by Gasteiger charge is -2.08. The van der Waals surface area contributed by atoms with Crippen molar-refractivity contribution < 1.29 is 35.1 Å². The van der Waals surface area contributed by atoms with Crippen molar-refractivity contribution in [1.29, 1.82) is 0 Å². The van der Waals surface area contributed by atoms with Crippen molar-refractivity contribution in [2.75, 3.05) is 26.4 Å². The van der Waals surface area contributed by atoms with Gasteiger partial charge in [0.1, 0.15) is 18.8 Å². The first-order valence-electron chi connectivity index (χ1n) is 12.0. The molecule has 0 saturated heterocycles. The minimum Gasteiger partial charge on any atom is -0.463 e. The molecule has 7 nitrogen and oxygen atoms in total. The first-order valence-corrected chi connectivity index (χ1v) is 12.0. The number of rotatable bonds is 20. The molecule has 186 valence electrons. The third-order valence-electron chi connectivity index (χ3n) is 4.71. The summed E-state index contributed by atoms with van der Waals surface area (Å²) in [5, 5.41) is 41.7. The monoisotopic (exact) mass is 448 g/mol. The molecule has 0 aliphatic carbocycles. The number of allylic oxidation sites excluding steroid dienone is 2. The second kappa shape index (κ2) is 27.0. The molecule has 0 aromatic rings. The van der Waals surface area contributed by atoms with Crippen LogP contribution in [0.4, 0.5) is 0 Å². The van der Waals surface area contributed by atoms with E-state index in [1.54, 1.807) is 0 Å². The number of hydrogen-bond donors (Lipinski definition) is 5. The maximum Gasteiger partial charge on any atom is 0.305 e. The number of carbonyl (C=O) groups is 1. The number of esters is 1. The van der Waals surface area contributed by atoms with Gasteiger partial charge >= 0.3 is 5.97 Å². The molecule has 0 fully saturated rings. The van der Waals surface area contributed by atoms with E-state index in [1.165, 1.54) is 57.8 Å². The smallest absolute Gasteiger partial charge is 0.305 e. The highest BCUT2D eigenvalue weighted by Gasteiger charge is 2.07. The highest BCUT2D eigenvalue weighted by molar-refractivity contribution is 5.69. The fourth-order valence-electron chi connectivity index (χ4n) is 2.71. The Morgan fingerprint density at radius 1 is 0.710 bits per heavy atom. The molecule has 0 aliphatic rings. The zero-order valence-electron chi connectivity index (χ0n) is 19.6. The normalized spacial score (nSPS) is 12.1. The Morgan fingerprint density at radius 2 is 1.16 bits per heavy atom. The third kappa shape index (κ3) is 29.0. The van der Waals surface area contributed by atoms with Crippen molar-refractivity contribution >= 4 is 5.97 Å². The van der Waals surface area contributed by atoms with Gasteiger partial charge in [-0.1, -0.05) is 70.4 Å². The van der Waals surface area contributed by atoms with Crippen LogP contribution in [0.25, 0.3) is 0 Å². The summed E-state index contributed by atoms with van der Waals surface area (Å²) in [6.45, 7) is 1.04. The summed E-state index contributed by atoms with van der Waals surface area (Å²) in [5.41, 5.74) is 0. The maximum atomic E-state index is 11.4. The maximum absolute atomic E-state index is 11.4. The summed E-state index contributed by atoms with van der Waals surface area (Å²) in [5.74, 6) is -0.287. The average molecular weight is 449 g/mol. The SMILES string of the molecule is CCCCCCCCC=CCCCCCCCC(=O)OCC(O)CO.OCC(O)CO. The average Bonchev–Trinajstić information content (AvgIpc) is 2.79. The minimum atomic E-state index is -0.960. The van der Waals surface area contributed by atoms with Crippen LogP contribution in [0.5, 0.6) is 0 Å². The Morgan fingerprint density at radius 3 is 1.61 bits per heavy atom. The van der Waals surface area contributed by atoms with Crippen molar-refractivity contribution in [1.82, 2.24) is 0 Å². The van der Waals surface area contributed by atoms with E-state index in [0.717, 1.165) is 25.7 Å². The van der Waals surface area contributed by atoms with Crippen LogP contribution in [-0.4, -0.2) is 70.1 Å². The molecule has 0 amide bonds. The van der Waals surface area contributed by atoms with Crippen LogP contribution >= 0.6 is 0 Å². The van der Waals surface area contributed by atoms with Gasteiger partial charge in [-0.25, -0.2) is 0 Å². The quantitative estimate of drug-likeness (QED) is 0.110. The molecule has 0 heterocycles.